The van der Waals surface area contributed by atoms with Gasteiger partial charge in [-0.3, -0.25) is 0 Å². The number of nitrogens with zero attached hydrogens (tertiary/aromatic N) is 2. The molecular formula is C15H14ClFN2O2. The molecule has 0 saturated carbocycles. The third kappa shape index (κ3) is 2.42. The second-order valence-electron chi connectivity index (χ2n) is 5.44. The van der Waals surface area contributed by atoms with Gasteiger partial charge < -0.3 is 5.11 Å². The molecule has 0 aliphatic heterocycles. The monoisotopic (exact) mass is 308 g/mol. The summed E-state index contributed by atoms with van der Waals surface area (Å²) in [5.74, 6) is -1.11. The zero-order chi connectivity index (χ0) is 15.1. The molecular weight excluding hydrogens is 295 g/mol. The Balaban J connectivity index is 2.17. The maximum Gasteiger partial charge on any atom is 0.356 e. The summed E-state index contributed by atoms with van der Waals surface area (Å²) in [6.07, 6.45) is 2.43. The number of carboxylic acids is 1. The van der Waals surface area contributed by atoms with Crippen molar-refractivity contribution in [3.63, 3.8) is 0 Å². The van der Waals surface area contributed by atoms with Crippen LogP contribution in [0.15, 0.2) is 18.2 Å². The van der Waals surface area contributed by atoms with Gasteiger partial charge >= 0.3 is 5.97 Å². The minimum atomic E-state index is -1.03. The maximum absolute atomic E-state index is 13.3. The van der Waals surface area contributed by atoms with Gasteiger partial charge in [-0.05, 0) is 43.4 Å². The Morgan fingerprint density at radius 3 is 2.95 bits per heavy atom. The Morgan fingerprint density at radius 1 is 1.52 bits per heavy atom. The fourth-order valence-corrected chi connectivity index (χ4v) is 2.97. The summed E-state index contributed by atoms with van der Waals surface area (Å²) in [6, 6.07) is 4.28. The van der Waals surface area contributed by atoms with E-state index in [9.17, 15) is 14.3 Å². The van der Waals surface area contributed by atoms with Gasteiger partial charge in [0.15, 0.2) is 5.69 Å². The summed E-state index contributed by atoms with van der Waals surface area (Å²) in [4.78, 5) is 11.4. The summed E-state index contributed by atoms with van der Waals surface area (Å²) >= 11 is 5.81. The number of carboxylic acid groups (broad SMARTS) is 1. The van der Waals surface area contributed by atoms with Crippen molar-refractivity contribution < 1.29 is 14.3 Å². The highest BCUT2D eigenvalue weighted by molar-refractivity contribution is 6.30. The van der Waals surface area contributed by atoms with Crippen molar-refractivity contribution in [2.75, 3.05) is 0 Å². The van der Waals surface area contributed by atoms with E-state index in [1.54, 1.807) is 10.7 Å². The first-order valence-electron chi connectivity index (χ1n) is 6.77. The van der Waals surface area contributed by atoms with Crippen LogP contribution in [0.1, 0.15) is 35.1 Å². The summed E-state index contributed by atoms with van der Waals surface area (Å²) in [6.45, 7) is 2.10. The highest BCUT2D eigenvalue weighted by Gasteiger charge is 2.28. The zero-order valence-electron chi connectivity index (χ0n) is 11.4. The molecule has 0 radical (unpaired) electrons. The molecule has 3 rings (SSSR count). The minimum Gasteiger partial charge on any atom is -0.476 e. The van der Waals surface area contributed by atoms with E-state index in [2.05, 4.69) is 12.0 Å². The van der Waals surface area contributed by atoms with Gasteiger partial charge in [0.25, 0.3) is 0 Å². The van der Waals surface area contributed by atoms with E-state index in [-0.39, 0.29) is 10.7 Å². The quantitative estimate of drug-likeness (QED) is 0.924. The zero-order valence-corrected chi connectivity index (χ0v) is 12.2. The second-order valence-corrected chi connectivity index (χ2v) is 5.84. The van der Waals surface area contributed by atoms with Crippen LogP contribution in [0.25, 0.3) is 5.69 Å². The molecule has 1 aromatic carbocycles. The topological polar surface area (TPSA) is 55.1 Å². The van der Waals surface area contributed by atoms with Crippen molar-refractivity contribution in [1.29, 1.82) is 0 Å². The van der Waals surface area contributed by atoms with Gasteiger partial charge in [0.05, 0.1) is 10.7 Å². The van der Waals surface area contributed by atoms with Gasteiger partial charge in [-0.25, -0.2) is 13.9 Å². The predicted molar refractivity (Wildman–Crippen MR) is 76.7 cm³/mol. The van der Waals surface area contributed by atoms with E-state index >= 15 is 0 Å². The van der Waals surface area contributed by atoms with Gasteiger partial charge in [0, 0.05) is 11.3 Å². The summed E-state index contributed by atoms with van der Waals surface area (Å²) in [7, 11) is 0. The lowest BCUT2D eigenvalue weighted by Gasteiger charge is -2.19. The first kappa shape index (κ1) is 14.1. The first-order chi connectivity index (χ1) is 9.97. The van der Waals surface area contributed by atoms with E-state index in [1.165, 1.54) is 12.1 Å². The number of aromatic nitrogens is 2. The van der Waals surface area contributed by atoms with Crippen molar-refractivity contribution in [3.05, 3.63) is 46.0 Å². The first-order valence-corrected chi connectivity index (χ1v) is 7.14. The number of fused-ring (bicyclic) bond motifs is 1. The number of rotatable bonds is 2. The van der Waals surface area contributed by atoms with Crippen LogP contribution >= 0.6 is 11.6 Å². The number of hydrogen-bond donors (Lipinski definition) is 1. The molecule has 0 bridgehead atoms. The van der Waals surface area contributed by atoms with Gasteiger partial charge in [-0.2, -0.15) is 5.10 Å². The van der Waals surface area contributed by atoms with Crippen LogP contribution in [0.5, 0.6) is 0 Å². The standard InChI is InChI=1S/C15H14ClFN2O2/c1-8-2-5-13-10(6-8)14(15(20)21)18-19(13)9-3-4-12(17)11(16)7-9/h3-4,7-8H,2,5-6H2,1H3,(H,20,21). The van der Waals surface area contributed by atoms with Crippen molar-refractivity contribution >= 4 is 17.6 Å². The molecule has 21 heavy (non-hydrogen) atoms. The Kier molecular flexibility index (Phi) is 3.45. The molecule has 1 N–H and O–H groups in total. The highest BCUT2D eigenvalue weighted by Crippen LogP contribution is 2.30. The molecule has 4 nitrogen and oxygen atoms in total. The Morgan fingerprint density at radius 2 is 2.29 bits per heavy atom. The Hall–Kier alpha value is -1.88. The number of benzene rings is 1. The van der Waals surface area contributed by atoms with Crippen molar-refractivity contribution in [1.82, 2.24) is 9.78 Å². The molecule has 110 valence electrons. The Labute approximate surface area is 126 Å². The third-order valence-corrected chi connectivity index (χ3v) is 4.16. The Bertz CT molecular complexity index is 727. The van der Waals surface area contributed by atoms with Crippen LogP contribution in [-0.4, -0.2) is 20.9 Å². The minimum absolute atomic E-state index is 0.00203. The number of hydrogen-bond acceptors (Lipinski definition) is 2. The molecule has 1 aliphatic rings. The van der Waals surface area contributed by atoms with Crippen molar-refractivity contribution in [2.45, 2.75) is 26.2 Å². The van der Waals surface area contributed by atoms with E-state index in [0.29, 0.717) is 18.0 Å². The normalized spacial score (nSPS) is 17.6. The molecule has 0 fully saturated rings. The fraction of sp³-hybridized carbons (Fsp3) is 0.333. The number of aromatic carboxylic acids is 1. The smallest absolute Gasteiger partial charge is 0.356 e. The van der Waals surface area contributed by atoms with Crippen LogP contribution in [0.4, 0.5) is 4.39 Å². The fourth-order valence-electron chi connectivity index (χ4n) is 2.79. The van der Waals surface area contributed by atoms with Crippen LogP contribution in [0.2, 0.25) is 5.02 Å². The molecule has 1 heterocycles. The van der Waals surface area contributed by atoms with Crippen LogP contribution in [-0.2, 0) is 12.8 Å². The van der Waals surface area contributed by atoms with E-state index in [1.807, 2.05) is 0 Å². The van der Waals surface area contributed by atoms with Crippen molar-refractivity contribution in [3.8, 4) is 5.69 Å². The molecule has 1 unspecified atom stereocenters. The molecule has 0 saturated heterocycles. The van der Waals surface area contributed by atoms with Gasteiger partial charge in [-0.15, -0.1) is 0 Å². The largest absolute Gasteiger partial charge is 0.476 e. The molecule has 2 aromatic rings. The van der Waals surface area contributed by atoms with E-state index in [0.717, 1.165) is 24.1 Å². The molecule has 6 heteroatoms. The average Bonchev–Trinajstić information content (AvgIpc) is 2.80. The number of carbonyl (C=O) groups is 1. The van der Waals surface area contributed by atoms with Gasteiger partial charge in [0.1, 0.15) is 5.82 Å². The third-order valence-electron chi connectivity index (χ3n) is 3.87. The highest BCUT2D eigenvalue weighted by atomic mass is 35.5. The molecule has 0 spiro atoms. The SMILES string of the molecule is CC1CCc2c(c(C(=O)O)nn2-c2ccc(F)c(Cl)c2)C1. The molecule has 1 aromatic heterocycles. The van der Waals surface area contributed by atoms with E-state index in [4.69, 9.17) is 11.6 Å². The lowest BCUT2D eigenvalue weighted by molar-refractivity contribution is 0.0688. The van der Waals surface area contributed by atoms with Gasteiger partial charge in [0.2, 0.25) is 0 Å². The molecule has 0 amide bonds. The van der Waals surface area contributed by atoms with E-state index < -0.39 is 11.8 Å². The summed E-state index contributed by atoms with van der Waals surface area (Å²) in [5, 5.41) is 13.5. The number of halogens is 2. The average molecular weight is 309 g/mol. The molecule has 1 atom stereocenters. The summed E-state index contributed by atoms with van der Waals surface area (Å²) in [5.41, 5.74) is 2.33. The van der Waals surface area contributed by atoms with Crippen LogP contribution < -0.4 is 0 Å². The summed E-state index contributed by atoms with van der Waals surface area (Å²) < 4.78 is 14.9. The van der Waals surface area contributed by atoms with Crippen LogP contribution in [0.3, 0.4) is 0 Å². The van der Waals surface area contributed by atoms with Gasteiger partial charge in [-0.1, -0.05) is 18.5 Å². The maximum atomic E-state index is 13.3. The lowest BCUT2D eigenvalue weighted by atomic mass is 9.87. The molecule has 1 aliphatic carbocycles. The second kappa shape index (κ2) is 5.15. The van der Waals surface area contributed by atoms with Crippen LogP contribution in [0, 0.1) is 11.7 Å². The predicted octanol–water partition coefficient (Wildman–Crippen LogP) is 3.49. The van der Waals surface area contributed by atoms with Crippen molar-refractivity contribution in [2.24, 2.45) is 5.92 Å². The lowest BCUT2D eigenvalue weighted by Crippen LogP contribution is -2.14.